The smallest absolute Gasteiger partial charge is 0 e. The van der Waals surface area contributed by atoms with Crippen LogP contribution in [0.2, 0.25) is 0 Å². The molecule has 2 heteroatoms. The second-order valence-electron chi connectivity index (χ2n) is 5.90. The fourth-order valence-electron chi connectivity index (χ4n) is 2.70. The van der Waals surface area contributed by atoms with E-state index in [2.05, 4.69) is 93.0 Å². The molecule has 0 aliphatic carbocycles. The molecule has 0 aromatic heterocycles. The third-order valence-electron chi connectivity index (χ3n) is 3.88. The Bertz CT molecular complexity index is 817. The van der Waals surface area contributed by atoms with Crippen LogP contribution in [0.15, 0.2) is 72.8 Å². The molecule has 4 aromatic rings. The molecule has 0 N–H and O–H groups in total. The summed E-state index contributed by atoms with van der Waals surface area (Å²) in [7, 11) is 0.0576. The molecular formula is C21H21HfP-2. The molecule has 4 aromatic carbocycles. The molecule has 116 valence electrons. The molecule has 0 radical (unpaired) electrons. The van der Waals surface area contributed by atoms with Gasteiger partial charge in [0.1, 0.15) is 0 Å². The van der Waals surface area contributed by atoms with Gasteiger partial charge in [-0.1, -0.05) is 19.1 Å². The molecule has 23 heavy (non-hydrogen) atoms. The van der Waals surface area contributed by atoms with Crippen LogP contribution in [0.25, 0.3) is 21.5 Å². The van der Waals surface area contributed by atoms with E-state index >= 15 is 0 Å². The van der Waals surface area contributed by atoms with Crippen molar-refractivity contribution in [2.24, 2.45) is 0 Å². The first-order valence-corrected chi connectivity index (χ1v) is 9.82. The minimum atomic E-state index is 0. The van der Waals surface area contributed by atoms with Crippen molar-refractivity contribution >= 4 is 34.8 Å². The first kappa shape index (κ1) is 18.3. The molecule has 0 saturated heterocycles. The van der Waals surface area contributed by atoms with Gasteiger partial charge in [0.05, 0.1) is 0 Å². The molecular weight excluding hydrogens is 462 g/mol. The average Bonchev–Trinajstić information content (AvgIpc) is 3.09. The summed E-state index contributed by atoms with van der Waals surface area (Å²) in [6.45, 7) is 6.72. The molecule has 0 bridgehead atoms. The molecule has 0 atom stereocenters. The fraction of sp³-hybridized carbons (Fsp3) is 0.143. The number of benzene rings is 2. The van der Waals surface area contributed by atoms with Gasteiger partial charge < -0.3 is 0 Å². The van der Waals surface area contributed by atoms with Gasteiger partial charge in [-0.25, -0.2) is 0 Å². The zero-order valence-electron chi connectivity index (χ0n) is 13.9. The second-order valence-corrected chi connectivity index (χ2v) is 8.20. The van der Waals surface area contributed by atoms with Crippen LogP contribution in [-0.2, 0) is 25.8 Å². The second kappa shape index (κ2) is 8.18. The van der Waals surface area contributed by atoms with Crippen LogP contribution in [0, 0.1) is 6.92 Å². The standard InChI is InChI=1S/C11H12P.C10H9.Hf/c1-12(2)11-7-9-5-3-4-6-10(9)8-11;1-8-6-9-4-2-3-5-10(9)7-8;/h3-8H,1-2H3;2-7H,1H3;/q2*-1;. The molecule has 0 amide bonds. The van der Waals surface area contributed by atoms with E-state index in [4.69, 9.17) is 0 Å². The summed E-state index contributed by atoms with van der Waals surface area (Å²) in [6, 6.07) is 26.0. The van der Waals surface area contributed by atoms with Gasteiger partial charge in [0.25, 0.3) is 0 Å². The maximum Gasteiger partial charge on any atom is 0 e. The summed E-state index contributed by atoms with van der Waals surface area (Å²) in [5, 5.41) is 6.96. The van der Waals surface area contributed by atoms with E-state index in [1.807, 2.05) is 0 Å². The zero-order chi connectivity index (χ0) is 15.5. The van der Waals surface area contributed by atoms with Crippen LogP contribution in [0.5, 0.6) is 0 Å². The minimum absolute atomic E-state index is 0. The Morgan fingerprint density at radius 2 is 1.26 bits per heavy atom. The van der Waals surface area contributed by atoms with Crippen molar-refractivity contribution in [3.8, 4) is 0 Å². The minimum Gasteiger partial charge on any atom is -0.165 e. The van der Waals surface area contributed by atoms with E-state index in [-0.39, 0.29) is 33.8 Å². The summed E-state index contributed by atoms with van der Waals surface area (Å²) < 4.78 is 0. The predicted octanol–water partition coefficient (Wildman–Crippen LogP) is 5.79. The Balaban J connectivity index is 0.000000162. The number of rotatable bonds is 1. The van der Waals surface area contributed by atoms with Crippen molar-refractivity contribution < 1.29 is 25.8 Å². The summed E-state index contributed by atoms with van der Waals surface area (Å²) in [4.78, 5) is 0. The molecule has 0 saturated carbocycles. The number of fused-ring (bicyclic) bond motifs is 2. The van der Waals surface area contributed by atoms with Crippen molar-refractivity contribution in [3.63, 3.8) is 0 Å². The molecule has 0 fully saturated rings. The topological polar surface area (TPSA) is 0 Å². The van der Waals surface area contributed by atoms with Crippen LogP contribution >= 0.6 is 7.92 Å². The largest absolute Gasteiger partial charge is 0.165 e. The van der Waals surface area contributed by atoms with Gasteiger partial charge in [-0.2, -0.15) is 12.1 Å². The zero-order valence-corrected chi connectivity index (χ0v) is 18.4. The van der Waals surface area contributed by atoms with Gasteiger partial charge in [0.15, 0.2) is 0 Å². The molecule has 0 heterocycles. The van der Waals surface area contributed by atoms with E-state index in [1.165, 1.54) is 32.4 Å². The van der Waals surface area contributed by atoms with Crippen molar-refractivity contribution in [1.29, 1.82) is 0 Å². The summed E-state index contributed by atoms with van der Waals surface area (Å²) in [5.41, 5.74) is 1.35. The van der Waals surface area contributed by atoms with Gasteiger partial charge in [-0.15, -0.1) is 88.9 Å². The Kier molecular flexibility index (Phi) is 6.51. The SMILES string of the molecule is CP(C)c1cc2ccccc2[cH-]1.Cc1cc2ccccc2[cH-]1.[Hf]. The van der Waals surface area contributed by atoms with Crippen LogP contribution in [-0.4, -0.2) is 13.3 Å². The van der Waals surface area contributed by atoms with Crippen molar-refractivity contribution in [2.75, 3.05) is 13.3 Å². The quantitative estimate of drug-likeness (QED) is 0.183. The summed E-state index contributed by atoms with van der Waals surface area (Å²) in [5.74, 6) is 0. The van der Waals surface area contributed by atoms with Gasteiger partial charge in [-0.05, 0) is 13.3 Å². The molecule has 0 aliphatic heterocycles. The number of aryl methyl sites for hydroxylation is 1. The third kappa shape index (κ3) is 4.49. The van der Waals surface area contributed by atoms with E-state index in [1.54, 1.807) is 0 Å². The maximum atomic E-state index is 2.31. The summed E-state index contributed by atoms with van der Waals surface area (Å²) >= 11 is 0. The van der Waals surface area contributed by atoms with Gasteiger partial charge in [-0.3, -0.25) is 0 Å². The predicted molar refractivity (Wildman–Crippen MR) is 102 cm³/mol. The Morgan fingerprint density at radius 3 is 1.78 bits per heavy atom. The number of hydrogen-bond donors (Lipinski definition) is 0. The maximum absolute atomic E-state index is 2.31. The van der Waals surface area contributed by atoms with Crippen molar-refractivity contribution in [1.82, 2.24) is 0 Å². The Morgan fingerprint density at radius 1 is 0.739 bits per heavy atom. The van der Waals surface area contributed by atoms with E-state index in [0.29, 0.717) is 0 Å². The van der Waals surface area contributed by atoms with Crippen LogP contribution in [0.4, 0.5) is 0 Å². The van der Waals surface area contributed by atoms with Crippen molar-refractivity contribution in [3.05, 3.63) is 78.4 Å². The van der Waals surface area contributed by atoms with Gasteiger partial charge in [0, 0.05) is 25.8 Å². The molecule has 0 nitrogen and oxygen atoms in total. The monoisotopic (exact) mass is 484 g/mol. The van der Waals surface area contributed by atoms with Crippen LogP contribution in [0.3, 0.4) is 0 Å². The molecule has 0 unspecified atom stereocenters. The van der Waals surface area contributed by atoms with E-state index in [0.717, 1.165) is 0 Å². The molecule has 0 spiro atoms. The normalized spacial score (nSPS) is 10.4. The van der Waals surface area contributed by atoms with Crippen LogP contribution < -0.4 is 5.30 Å². The average molecular weight is 483 g/mol. The summed E-state index contributed by atoms with van der Waals surface area (Å²) in [6.07, 6.45) is 0. The Hall–Kier alpha value is -1.04. The van der Waals surface area contributed by atoms with Crippen LogP contribution in [0.1, 0.15) is 5.56 Å². The van der Waals surface area contributed by atoms with E-state index in [9.17, 15) is 0 Å². The van der Waals surface area contributed by atoms with E-state index < -0.39 is 0 Å². The molecule has 0 aliphatic rings. The first-order valence-electron chi connectivity index (χ1n) is 7.58. The fourth-order valence-corrected chi connectivity index (χ4v) is 3.49. The third-order valence-corrected chi connectivity index (χ3v) is 5.17. The molecule has 4 rings (SSSR count). The number of hydrogen-bond acceptors (Lipinski definition) is 0. The first-order chi connectivity index (χ1) is 10.6. The van der Waals surface area contributed by atoms with Gasteiger partial charge >= 0.3 is 0 Å². The Labute approximate surface area is 158 Å². The van der Waals surface area contributed by atoms with Gasteiger partial charge in [0.2, 0.25) is 0 Å². The van der Waals surface area contributed by atoms with Crippen molar-refractivity contribution in [2.45, 2.75) is 6.92 Å².